The molecule has 1 N–H and O–H groups in total. The van der Waals surface area contributed by atoms with E-state index in [-0.39, 0.29) is 10.9 Å². The lowest BCUT2D eigenvalue weighted by Gasteiger charge is -2.17. The van der Waals surface area contributed by atoms with Crippen LogP contribution in [-0.2, 0) is 10.0 Å². The van der Waals surface area contributed by atoms with Gasteiger partial charge in [0.1, 0.15) is 0 Å². The molecule has 1 heterocycles. The van der Waals surface area contributed by atoms with Gasteiger partial charge >= 0.3 is 0 Å². The van der Waals surface area contributed by atoms with E-state index in [9.17, 15) is 18.5 Å². The number of nitro groups is 1. The number of nitrogens with zero attached hydrogens (tertiary/aromatic N) is 2. The molecule has 0 spiro atoms. The number of sulfonamides is 1. The molecule has 0 saturated carbocycles. The third kappa shape index (κ3) is 3.18. The van der Waals surface area contributed by atoms with Crippen LogP contribution in [0.4, 0.5) is 5.69 Å². The molecule has 0 amide bonds. The zero-order valence-electron chi connectivity index (χ0n) is 11.5. The first kappa shape index (κ1) is 16.2. The van der Waals surface area contributed by atoms with Crippen molar-refractivity contribution in [1.82, 2.24) is 9.62 Å². The van der Waals surface area contributed by atoms with Crippen molar-refractivity contribution in [2.75, 3.05) is 26.7 Å². The molecule has 1 fully saturated rings. The SMILES string of the molecule is CNCC1CCN(S(=O)(=O)c2c(Cl)cccc2[N+](=O)[O-])C1. The lowest BCUT2D eigenvalue weighted by molar-refractivity contribution is -0.387. The van der Waals surface area contributed by atoms with Crippen LogP contribution in [0.3, 0.4) is 0 Å². The third-order valence-corrected chi connectivity index (χ3v) is 5.87. The second kappa shape index (κ2) is 6.27. The van der Waals surface area contributed by atoms with E-state index in [1.54, 1.807) is 7.05 Å². The van der Waals surface area contributed by atoms with Crippen molar-refractivity contribution in [2.24, 2.45) is 5.92 Å². The number of nitro benzene ring substituents is 1. The van der Waals surface area contributed by atoms with Crippen LogP contribution in [0, 0.1) is 16.0 Å². The maximum absolute atomic E-state index is 12.6. The molecule has 21 heavy (non-hydrogen) atoms. The standard InChI is InChI=1S/C12H16ClN3O4S/c1-14-7-9-5-6-15(8-9)21(19,20)12-10(13)3-2-4-11(12)16(17)18/h2-4,9,14H,5-8H2,1H3. The monoisotopic (exact) mass is 333 g/mol. The van der Waals surface area contributed by atoms with Gasteiger partial charge in [0.2, 0.25) is 0 Å². The Hall–Kier alpha value is -1.22. The van der Waals surface area contributed by atoms with Crippen LogP contribution in [0.5, 0.6) is 0 Å². The average Bonchev–Trinajstić information content (AvgIpc) is 2.88. The number of hydrogen-bond donors (Lipinski definition) is 1. The highest BCUT2D eigenvalue weighted by atomic mass is 35.5. The molecule has 1 unspecified atom stereocenters. The fourth-order valence-corrected chi connectivity index (χ4v) is 4.69. The van der Waals surface area contributed by atoms with E-state index in [4.69, 9.17) is 11.6 Å². The highest BCUT2D eigenvalue weighted by molar-refractivity contribution is 7.89. The summed E-state index contributed by atoms with van der Waals surface area (Å²) in [6.07, 6.45) is 0.721. The van der Waals surface area contributed by atoms with Crippen LogP contribution < -0.4 is 5.32 Å². The first-order valence-electron chi connectivity index (χ1n) is 6.45. The highest BCUT2D eigenvalue weighted by Crippen LogP contribution is 2.35. The predicted molar refractivity (Wildman–Crippen MR) is 78.9 cm³/mol. The number of halogens is 1. The van der Waals surface area contributed by atoms with Gasteiger partial charge in [-0.05, 0) is 32.0 Å². The third-order valence-electron chi connectivity index (χ3n) is 3.48. The Kier molecular flexibility index (Phi) is 4.82. The molecule has 0 aliphatic carbocycles. The van der Waals surface area contributed by atoms with E-state index in [2.05, 4.69) is 5.32 Å². The lowest BCUT2D eigenvalue weighted by atomic mass is 10.1. The summed E-state index contributed by atoms with van der Waals surface area (Å²) in [4.78, 5) is 9.92. The van der Waals surface area contributed by atoms with E-state index in [0.717, 1.165) is 12.5 Å². The Morgan fingerprint density at radius 2 is 2.24 bits per heavy atom. The maximum atomic E-state index is 12.6. The minimum absolute atomic E-state index is 0.124. The topological polar surface area (TPSA) is 92.6 Å². The van der Waals surface area contributed by atoms with Gasteiger partial charge in [-0.3, -0.25) is 10.1 Å². The Morgan fingerprint density at radius 1 is 1.52 bits per heavy atom. The van der Waals surface area contributed by atoms with Crippen LogP contribution in [0.25, 0.3) is 0 Å². The Labute approximate surface area is 128 Å². The summed E-state index contributed by atoms with van der Waals surface area (Å²) in [6.45, 7) is 1.39. The number of benzene rings is 1. The number of hydrogen-bond acceptors (Lipinski definition) is 5. The molecular weight excluding hydrogens is 318 g/mol. The zero-order chi connectivity index (χ0) is 15.6. The highest BCUT2D eigenvalue weighted by Gasteiger charge is 2.37. The largest absolute Gasteiger partial charge is 0.319 e. The Bertz CT molecular complexity index is 650. The van der Waals surface area contributed by atoms with Crippen molar-refractivity contribution in [1.29, 1.82) is 0 Å². The van der Waals surface area contributed by atoms with E-state index >= 15 is 0 Å². The second-order valence-electron chi connectivity index (χ2n) is 4.92. The van der Waals surface area contributed by atoms with Gasteiger partial charge in [-0.1, -0.05) is 17.7 Å². The summed E-state index contributed by atoms with van der Waals surface area (Å²) in [5.74, 6) is 0.200. The minimum atomic E-state index is -3.96. The molecule has 1 aliphatic rings. The summed E-state index contributed by atoms with van der Waals surface area (Å²) in [5, 5.41) is 13.9. The quantitative estimate of drug-likeness (QED) is 0.650. The van der Waals surface area contributed by atoms with E-state index in [0.29, 0.717) is 19.6 Å². The van der Waals surface area contributed by atoms with Gasteiger partial charge in [0.25, 0.3) is 15.7 Å². The molecule has 0 bridgehead atoms. The first-order chi connectivity index (χ1) is 9.87. The van der Waals surface area contributed by atoms with Crippen molar-refractivity contribution in [3.63, 3.8) is 0 Å². The van der Waals surface area contributed by atoms with E-state index < -0.39 is 25.5 Å². The van der Waals surface area contributed by atoms with Crippen molar-refractivity contribution in [3.8, 4) is 0 Å². The van der Waals surface area contributed by atoms with Gasteiger partial charge in [0, 0.05) is 19.2 Å². The van der Waals surface area contributed by atoms with E-state index in [1.165, 1.54) is 16.4 Å². The van der Waals surface area contributed by atoms with Gasteiger partial charge in [-0.2, -0.15) is 4.31 Å². The predicted octanol–water partition coefficient (Wildman–Crippen LogP) is 1.48. The summed E-state index contributed by atoms with van der Waals surface area (Å²) in [7, 11) is -2.16. The fraction of sp³-hybridized carbons (Fsp3) is 0.500. The molecule has 9 heteroatoms. The van der Waals surface area contributed by atoms with Gasteiger partial charge < -0.3 is 5.32 Å². The lowest BCUT2D eigenvalue weighted by Crippen LogP contribution is -2.31. The summed E-state index contributed by atoms with van der Waals surface area (Å²) in [5.41, 5.74) is -0.487. The van der Waals surface area contributed by atoms with Crippen LogP contribution in [0.2, 0.25) is 5.02 Å². The fourth-order valence-electron chi connectivity index (χ4n) is 2.50. The zero-order valence-corrected chi connectivity index (χ0v) is 13.0. The van der Waals surface area contributed by atoms with Crippen molar-refractivity contribution in [2.45, 2.75) is 11.3 Å². The van der Waals surface area contributed by atoms with Gasteiger partial charge in [-0.25, -0.2) is 8.42 Å². The molecule has 0 radical (unpaired) electrons. The van der Waals surface area contributed by atoms with Crippen LogP contribution in [-0.4, -0.2) is 44.3 Å². The first-order valence-corrected chi connectivity index (χ1v) is 8.27. The van der Waals surface area contributed by atoms with Crippen molar-refractivity contribution in [3.05, 3.63) is 33.3 Å². The molecule has 7 nitrogen and oxygen atoms in total. The summed E-state index contributed by atoms with van der Waals surface area (Å²) in [6, 6.07) is 3.87. The van der Waals surface area contributed by atoms with Crippen LogP contribution in [0.1, 0.15) is 6.42 Å². The van der Waals surface area contributed by atoms with Crippen LogP contribution >= 0.6 is 11.6 Å². The summed E-state index contributed by atoms with van der Waals surface area (Å²) >= 11 is 5.91. The van der Waals surface area contributed by atoms with Gasteiger partial charge in [0.15, 0.2) is 4.90 Å². The Balaban J connectivity index is 2.39. The van der Waals surface area contributed by atoms with Gasteiger partial charge in [0.05, 0.1) is 9.95 Å². The maximum Gasteiger partial charge on any atom is 0.290 e. The molecule has 1 atom stereocenters. The molecule has 1 saturated heterocycles. The minimum Gasteiger partial charge on any atom is -0.319 e. The molecule has 116 valence electrons. The molecule has 1 aromatic carbocycles. The number of nitrogens with one attached hydrogen (secondary N) is 1. The van der Waals surface area contributed by atoms with E-state index in [1.807, 2.05) is 0 Å². The van der Waals surface area contributed by atoms with Crippen molar-refractivity contribution < 1.29 is 13.3 Å². The molecule has 2 rings (SSSR count). The number of rotatable bonds is 5. The molecule has 1 aliphatic heterocycles. The molecular formula is C12H16ClN3O4S. The Morgan fingerprint density at radius 3 is 2.86 bits per heavy atom. The smallest absolute Gasteiger partial charge is 0.290 e. The van der Waals surface area contributed by atoms with Crippen molar-refractivity contribution >= 4 is 27.3 Å². The average molecular weight is 334 g/mol. The second-order valence-corrected chi connectivity index (χ2v) is 7.20. The van der Waals surface area contributed by atoms with Crippen LogP contribution in [0.15, 0.2) is 23.1 Å². The molecule has 1 aromatic rings. The van der Waals surface area contributed by atoms with Gasteiger partial charge in [-0.15, -0.1) is 0 Å². The molecule has 0 aromatic heterocycles. The normalized spacial score (nSPS) is 19.8. The summed E-state index contributed by atoms with van der Waals surface area (Å²) < 4.78 is 26.6.